The van der Waals surface area contributed by atoms with Crippen molar-refractivity contribution < 1.29 is 22.8 Å². The topological polar surface area (TPSA) is 58.2 Å². The first kappa shape index (κ1) is 18.5. The van der Waals surface area contributed by atoms with Crippen LogP contribution in [0.25, 0.3) is 0 Å². The van der Waals surface area contributed by atoms with Gasteiger partial charge in [-0.3, -0.25) is 9.59 Å². The third-order valence-corrected chi connectivity index (χ3v) is 3.40. The molecular weight excluding hydrogens is 333 g/mol. The van der Waals surface area contributed by atoms with Gasteiger partial charge in [0.05, 0.1) is 5.56 Å². The normalized spacial score (nSPS) is 12.3. The lowest BCUT2D eigenvalue weighted by molar-refractivity contribution is -0.137. The predicted octanol–water partition coefficient (Wildman–Crippen LogP) is 3.85. The largest absolute Gasteiger partial charge is 0.416 e. The molecule has 0 aromatic heterocycles. The molecule has 1 atom stereocenters. The van der Waals surface area contributed by atoms with E-state index in [9.17, 15) is 22.8 Å². The van der Waals surface area contributed by atoms with Gasteiger partial charge in [0, 0.05) is 23.7 Å². The first-order valence-electron chi connectivity index (χ1n) is 7.59. The van der Waals surface area contributed by atoms with Crippen LogP contribution in [0.3, 0.4) is 0 Å². The number of amides is 2. The van der Waals surface area contributed by atoms with Crippen molar-refractivity contribution in [1.29, 1.82) is 0 Å². The summed E-state index contributed by atoms with van der Waals surface area (Å²) >= 11 is 0. The van der Waals surface area contributed by atoms with Crippen molar-refractivity contribution in [1.82, 2.24) is 5.32 Å². The van der Waals surface area contributed by atoms with Crippen molar-refractivity contribution in [3.05, 3.63) is 65.7 Å². The summed E-state index contributed by atoms with van der Waals surface area (Å²) < 4.78 is 37.5. The summed E-state index contributed by atoms with van der Waals surface area (Å²) in [5, 5.41) is 5.20. The second-order valence-corrected chi connectivity index (χ2v) is 5.57. The Labute approximate surface area is 143 Å². The van der Waals surface area contributed by atoms with E-state index in [0.717, 1.165) is 12.1 Å². The number of anilines is 1. The van der Waals surface area contributed by atoms with Gasteiger partial charge in [-0.2, -0.15) is 13.2 Å². The number of alkyl halides is 3. The zero-order valence-corrected chi connectivity index (χ0v) is 13.4. The number of halogens is 3. The molecule has 0 bridgehead atoms. The lowest BCUT2D eigenvalue weighted by atomic mass is 10.1. The number of carbonyl (C=O) groups is 2. The Kier molecular flexibility index (Phi) is 5.80. The molecule has 0 aliphatic heterocycles. The average Bonchev–Trinajstić information content (AvgIpc) is 2.55. The van der Waals surface area contributed by atoms with Crippen LogP contribution in [-0.4, -0.2) is 17.9 Å². The van der Waals surface area contributed by atoms with Crippen LogP contribution in [0.1, 0.15) is 29.3 Å². The molecule has 0 heterocycles. The fraction of sp³-hybridized carbons (Fsp3) is 0.222. The van der Waals surface area contributed by atoms with Crippen LogP contribution in [0.15, 0.2) is 54.6 Å². The van der Waals surface area contributed by atoms with Gasteiger partial charge in [-0.25, -0.2) is 0 Å². The maximum Gasteiger partial charge on any atom is 0.416 e. The van der Waals surface area contributed by atoms with Crippen molar-refractivity contribution in [2.24, 2.45) is 0 Å². The Bertz CT molecular complexity index is 728. The first-order chi connectivity index (χ1) is 11.8. The Morgan fingerprint density at radius 2 is 1.60 bits per heavy atom. The van der Waals surface area contributed by atoms with Crippen LogP contribution in [0.4, 0.5) is 18.9 Å². The van der Waals surface area contributed by atoms with E-state index in [1.54, 1.807) is 37.3 Å². The smallest absolute Gasteiger partial charge is 0.349 e. The van der Waals surface area contributed by atoms with Gasteiger partial charge in [-0.05, 0) is 43.3 Å². The van der Waals surface area contributed by atoms with E-state index in [0.29, 0.717) is 5.56 Å². The second kappa shape index (κ2) is 7.83. The van der Waals surface area contributed by atoms with Crippen LogP contribution in [0.5, 0.6) is 0 Å². The van der Waals surface area contributed by atoms with Crippen LogP contribution < -0.4 is 10.6 Å². The summed E-state index contributed by atoms with van der Waals surface area (Å²) in [6.45, 7) is 1.67. The van der Waals surface area contributed by atoms with Crippen molar-refractivity contribution in [3.63, 3.8) is 0 Å². The molecule has 0 aliphatic rings. The minimum Gasteiger partial charge on any atom is -0.349 e. The standard InChI is InChI=1S/C18H17F3N2O2/c1-12(22-17(25)13-5-3-2-4-6-13)11-16(24)23-15-9-7-14(8-10-15)18(19,20)21/h2-10,12H,11H2,1H3,(H,22,25)(H,23,24). The zero-order valence-electron chi connectivity index (χ0n) is 13.4. The summed E-state index contributed by atoms with van der Waals surface area (Å²) in [6.07, 6.45) is -4.42. The third-order valence-electron chi connectivity index (χ3n) is 3.40. The fourth-order valence-corrected chi connectivity index (χ4v) is 2.18. The molecule has 2 aromatic carbocycles. The number of nitrogens with one attached hydrogen (secondary N) is 2. The Balaban J connectivity index is 1.86. The quantitative estimate of drug-likeness (QED) is 0.860. The van der Waals surface area contributed by atoms with Crippen LogP contribution in [-0.2, 0) is 11.0 Å². The van der Waals surface area contributed by atoms with Gasteiger partial charge in [-0.1, -0.05) is 18.2 Å². The molecule has 4 nitrogen and oxygen atoms in total. The maximum absolute atomic E-state index is 12.5. The molecule has 0 saturated carbocycles. The van der Waals surface area contributed by atoms with E-state index in [2.05, 4.69) is 10.6 Å². The van der Waals surface area contributed by atoms with Gasteiger partial charge < -0.3 is 10.6 Å². The molecule has 2 N–H and O–H groups in total. The van der Waals surface area contributed by atoms with Crippen molar-refractivity contribution >= 4 is 17.5 Å². The molecule has 2 rings (SSSR count). The highest BCUT2D eigenvalue weighted by Gasteiger charge is 2.30. The van der Waals surface area contributed by atoms with E-state index in [1.165, 1.54) is 12.1 Å². The summed E-state index contributed by atoms with van der Waals surface area (Å²) in [5.41, 5.74) is -0.0360. The van der Waals surface area contributed by atoms with Crippen molar-refractivity contribution in [2.45, 2.75) is 25.6 Å². The molecule has 0 aliphatic carbocycles. The van der Waals surface area contributed by atoms with Crippen molar-refractivity contribution in [3.8, 4) is 0 Å². The molecule has 132 valence electrons. The van der Waals surface area contributed by atoms with Crippen LogP contribution in [0, 0.1) is 0 Å². The monoisotopic (exact) mass is 350 g/mol. The van der Waals surface area contributed by atoms with Gasteiger partial charge in [0.25, 0.3) is 5.91 Å². The zero-order chi connectivity index (χ0) is 18.4. The Morgan fingerprint density at radius 3 is 2.16 bits per heavy atom. The molecule has 0 fully saturated rings. The molecule has 0 spiro atoms. The predicted molar refractivity (Wildman–Crippen MR) is 88.1 cm³/mol. The highest BCUT2D eigenvalue weighted by Crippen LogP contribution is 2.29. The third kappa shape index (κ3) is 5.63. The lowest BCUT2D eigenvalue weighted by Gasteiger charge is -2.14. The van der Waals surface area contributed by atoms with E-state index in [4.69, 9.17) is 0 Å². The minimum atomic E-state index is -4.42. The second-order valence-electron chi connectivity index (χ2n) is 5.57. The highest BCUT2D eigenvalue weighted by molar-refractivity contribution is 5.95. The number of benzene rings is 2. The fourth-order valence-electron chi connectivity index (χ4n) is 2.18. The maximum atomic E-state index is 12.5. The SMILES string of the molecule is CC(CC(=O)Nc1ccc(C(F)(F)F)cc1)NC(=O)c1ccccc1. The number of hydrogen-bond donors (Lipinski definition) is 2. The van der Waals surface area contributed by atoms with E-state index < -0.39 is 23.7 Å². The van der Waals surface area contributed by atoms with Gasteiger partial charge in [0.15, 0.2) is 0 Å². The van der Waals surface area contributed by atoms with E-state index >= 15 is 0 Å². The summed E-state index contributed by atoms with van der Waals surface area (Å²) in [5.74, 6) is -0.698. The number of carbonyl (C=O) groups excluding carboxylic acids is 2. The van der Waals surface area contributed by atoms with Gasteiger partial charge in [-0.15, -0.1) is 0 Å². The Morgan fingerprint density at radius 1 is 1.00 bits per heavy atom. The molecule has 7 heteroatoms. The molecule has 2 amide bonds. The minimum absolute atomic E-state index is 0.000401. The molecule has 0 radical (unpaired) electrons. The lowest BCUT2D eigenvalue weighted by Crippen LogP contribution is -2.35. The van der Waals surface area contributed by atoms with E-state index in [-0.39, 0.29) is 18.0 Å². The first-order valence-corrected chi connectivity index (χ1v) is 7.59. The van der Waals surface area contributed by atoms with Crippen LogP contribution in [0.2, 0.25) is 0 Å². The summed E-state index contributed by atoms with van der Waals surface area (Å²) in [6, 6.07) is 12.3. The molecule has 1 unspecified atom stereocenters. The number of hydrogen-bond acceptors (Lipinski definition) is 2. The van der Waals surface area contributed by atoms with E-state index in [1.807, 2.05) is 0 Å². The number of rotatable bonds is 5. The average molecular weight is 350 g/mol. The highest BCUT2D eigenvalue weighted by atomic mass is 19.4. The Hall–Kier alpha value is -2.83. The molecular formula is C18H17F3N2O2. The molecule has 2 aromatic rings. The summed E-state index contributed by atoms with van der Waals surface area (Å²) in [7, 11) is 0. The van der Waals surface area contributed by atoms with Crippen LogP contribution >= 0.6 is 0 Å². The molecule has 25 heavy (non-hydrogen) atoms. The van der Waals surface area contributed by atoms with Gasteiger partial charge >= 0.3 is 6.18 Å². The van der Waals surface area contributed by atoms with Gasteiger partial charge in [0.1, 0.15) is 0 Å². The molecule has 0 saturated heterocycles. The summed E-state index contributed by atoms with van der Waals surface area (Å²) in [4.78, 5) is 23.9. The van der Waals surface area contributed by atoms with Crippen molar-refractivity contribution in [2.75, 3.05) is 5.32 Å². The van der Waals surface area contributed by atoms with Gasteiger partial charge in [0.2, 0.25) is 5.91 Å².